The molecule has 0 radical (unpaired) electrons. The van der Waals surface area contributed by atoms with Crippen LogP contribution in [0.5, 0.6) is 0 Å². The molecule has 4 nitrogen and oxygen atoms in total. The molecule has 0 fully saturated rings. The van der Waals surface area contributed by atoms with Crippen molar-refractivity contribution >= 4 is 91.6 Å². The highest BCUT2D eigenvalue weighted by Crippen LogP contribution is 2.39. The number of hydrogen-bond donors (Lipinski definition) is 2. The summed E-state index contributed by atoms with van der Waals surface area (Å²) in [5.41, 5.74) is 18.8. The lowest BCUT2D eigenvalue weighted by Crippen LogP contribution is -2.10. The number of halogens is 2. The molecule has 7 aromatic rings. The lowest BCUT2D eigenvalue weighted by Gasteiger charge is -2.19. The highest BCUT2D eigenvalue weighted by atomic mass is 127. The number of aromatic amines is 2. The Bertz CT molecular complexity index is 2730. The number of benzene rings is 4. The summed E-state index contributed by atoms with van der Waals surface area (Å²) in [6.07, 6.45) is 8.66. The fraction of sp³-hybridized carbons (Fsp3) is 0.154. The molecular weight excluding hydrogens is 934 g/mol. The first-order valence-corrected chi connectivity index (χ1v) is 21.9. The van der Waals surface area contributed by atoms with Gasteiger partial charge in [0.15, 0.2) is 0 Å². The third-order valence-corrected chi connectivity index (χ3v) is 12.5. The topological polar surface area (TPSA) is 57.4 Å². The first-order chi connectivity index (χ1) is 27.8. The van der Waals surface area contributed by atoms with Gasteiger partial charge in [0.05, 0.1) is 22.8 Å². The van der Waals surface area contributed by atoms with Gasteiger partial charge in [-0.3, -0.25) is 0 Å². The normalized spacial score (nSPS) is 12.7. The molecule has 6 heteroatoms. The van der Waals surface area contributed by atoms with Gasteiger partial charge in [-0.25, -0.2) is 9.97 Å². The van der Waals surface area contributed by atoms with Crippen LogP contribution in [0.4, 0.5) is 0 Å². The van der Waals surface area contributed by atoms with Crippen LogP contribution in [0.25, 0.3) is 90.9 Å². The van der Waals surface area contributed by atoms with Crippen LogP contribution in [-0.2, 0) is 10.8 Å². The van der Waals surface area contributed by atoms with Gasteiger partial charge in [0, 0.05) is 51.5 Å². The van der Waals surface area contributed by atoms with Crippen molar-refractivity contribution in [1.82, 2.24) is 19.9 Å². The summed E-state index contributed by atoms with van der Waals surface area (Å²) in [6.45, 7) is 13.5. The van der Waals surface area contributed by atoms with Crippen LogP contribution in [0.1, 0.15) is 75.4 Å². The minimum atomic E-state index is 0.0372. The smallest absolute Gasteiger partial charge is 0.0737 e. The van der Waals surface area contributed by atoms with Crippen molar-refractivity contribution in [3.63, 3.8) is 0 Å². The van der Waals surface area contributed by atoms with E-state index < -0.39 is 0 Å². The maximum Gasteiger partial charge on any atom is 0.0737 e. The molecule has 2 aliphatic rings. The zero-order chi connectivity index (χ0) is 40.3. The predicted molar refractivity (Wildman–Crippen MR) is 263 cm³/mol. The van der Waals surface area contributed by atoms with Crippen LogP contribution in [0.15, 0.2) is 121 Å². The highest BCUT2D eigenvalue weighted by Gasteiger charge is 2.21. The van der Waals surface area contributed by atoms with Crippen molar-refractivity contribution in [2.45, 2.75) is 52.4 Å². The Labute approximate surface area is 367 Å². The quantitative estimate of drug-likeness (QED) is 0.173. The van der Waals surface area contributed by atoms with E-state index in [0.29, 0.717) is 0 Å². The molecule has 9 rings (SSSR count). The second kappa shape index (κ2) is 15.0. The molecule has 3 aromatic heterocycles. The molecule has 58 heavy (non-hydrogen) atoms. The second-order valence-electron chi connectivity index (χ2n) is 17.2. The van der Waals surface area contributed by atoms with E-state index in [1.54, 1.807) is 0 Å². The Hall–Kier alpha value is -5.06. The molecule has 0 atom stereocenters. The van der Waals surface area contributed by atoms with E-state index >= 15 is 0 Å². The van der Waals surface area contributed by atoms with E-state index in [1.807, 2.05) is 0 Å². The van der Waals surface area contributed by atoms with Gasteiger partial charge in [-0.1, -0.05) is 114 Å². The van der Waals surface area contributed by atoms with E-state index in [-0.39, 0.29) is 10.8 Å². The minimum absolute atomic E-state index is 0.0372. The average molecular weight is 979 g/mol. The van der Waals surface area contributed by atoms with Gasteiger partial charge < -0.3 is 9.97 Å². The maximum atomic E-state index is 5.48. The van der Waals surface area contributed by atoms with E-state index in [1.165, 1.54) is 18.3 Å². The summed E-state index contributed by atoms with van der Waals surface area (Å²) in [5.74, 6) is 0. The first-order valence-electron chi connectivity index (χ1n) is 19.7. The van der Waals surface area contributed by atoms with Gasteiger partial charge in [-0.05, 0) is 162 Å². The number of hydrogen-bond acceptors (Lipinski definition) is 2. The van der Waals surface area contributed by atoms with Crippen LogP contribution in [0.3, 0.4) is 0 Å². The van der Waals surface area contributed by atoms with E-state index in [9.17, 15) is 0 Å². The number of H-pyrrole nitrogens is 2. The summed E-state index contributed by atoms with van der Waals surface area (Å²) < 4.78 is 2.37. The second-order valence-corrected chi connectivity index (χ2v) is 19.7. The monoisotopic (exact) mass is 978 g/mol. The third kappa shape index (κ3) is 7.41. The Morgan fingerprint density at radius 2 is 0.586 bits per heavy atom. The molecule has 0 saturated heterocycles. The molecule has 0 aliphatic carbocycles. The largest absolute Gasteiger partial charge is 0.354 e. The van der Waals surface area contributed by atoms with Gasteiger partial charge >= 0.3 is 0 Å². The molecule has 286 valence electrons. The summed E-state index contributed by atoms with van der Waals surface area (Å²) >= 11 is 4.75. The Morgan fingerprint density at radius 3 is 0.828 bits per heavy atom. The summed E-state index contributed by atoms with van der Waals surface area (Å²) in [4.78, 5) is 18.7. The van der Waals surface area contributed by atoms with Crippen LogP contribution in [-0.4, -0.2) is 19.9 Å². The molecule has 4 aromatic carbocycles. The SMILES string of the molecule is CC(C)(C)c1ccc(-c2c3nc(c(-c4ccc(I)cc4)c4ccc([nH]4)c(-c4ccc(I)cc4)c4nc(c(-c5ccc(C(C)(C)C)cc5)c5ccc2[nH]5)C=C4)C=C3)cc1. The van der Waals surface area contributed by atoms with Crippen molar-refractivity contribution < 1.29 is 0 Å². The van der Waals surface area contributed by atoms with Crippen LogP contribution >= 0.6 is 45.2 Å². The Morgan fingerprint density at radius 1 is 0.345 bits per heavy atom. The van der Waals surface area contributed by atoms with Gasteiger partial charge in [-0.2, -0.15) is 0 Å². The van der Waals surface area contributed by atoms with Gasteiger partial charge in [0.1, 0.15) is 0 Å². The molecule has 0 spiro atoms. The fourth-order valence-corrected chi connectivity index (χ4v) is 8.65. The summed E-state index contributed by atoms with van der Waals surface area (Å²) in [6, 6.07) is 44.2. The Kier molecular flexibility index (Phi) is 9.91. The van der Waals surface area contributed by atoms with Gasteiger partial charge in [-0.15, -0.1) is 0 Å². The average Bonchev–Trinajstić information content (AvgIpc) is 4.04. The van der Waals surface area contributed by atoms with Gasteiger partial charge in [0.2, 0.25) is 0 Å². The van der Waals surface area contributed by atoms with E-state index in [2.05, 4.69) is 242 Å². The van der Waals surface area contributed by atoms with Crippen LogP contribution in [0.2, 0.25) is 0 Å². The molecule has 8 bridgehead atoms. The third-order valence-electron chi connectivity index (χ3n) is 11.1. The zero-order valence-corrected chi connectivity index (χ0v) is 37.8. The van der Waals surface area contributed by atoms with Crippen molar-refractivity contribution in [3.05, 3.63) is 162 Å². The Balaban J connectivity index is 1.43. The zero-order valence-electron chi connectivity index (χ0n) is 33.5. The van der Waals surface area contributed by atoms with Crippen molar-refractivity contribution in [1.29, 1.82) is 0 Å². The van der Waals surface area contributed by atoms with Crippen LogP contribution in [0, 0.1) is 7.14 Å². The molecule has 0 amide bonds. The minimum Gasteiger partial charge on any atom is -0.354 e. The molecule has 5 heterocycles. The summed E-state index contributed by atoms with van der Waals surface area (Å²) in [5, 5.41) is 0. The summed E-state index contributed by atoms with van der Waals surface area (Å²) in [7, 11) is 0. The number of rotatable bonds is 4. The van der Waals surface area contributed by atoms with E-state index in [4.69, 9.17) is 9.97 Å². The number of nitrogens with zero attached hydrogens (tertiary/aromatic N) is 2. The lowest BCUT2D eigenvalue weighted by atomic mass is 9.86. The number of nitrogens with one attached hydrogen (secondary N) is 2. The fourth-order valence-electron chi connectivity index (χ4n) is 7.93. The molecule has 2 aliphatic heterocycles. The van der Waals surface area contributed by atoms with Crippen molar-refractivity contribution in [2.24, 2.45) is 0 Å². The van der Waals surface area contributed by atoms with Crippen molar-refractivity contribution in [3.8, 4) is 44.5 Å². The first kappa shape index (κ1) is 38.5. The maximum absolute atomic E-state index is 5.48. The lowest BCUT2D eigenvalue weighted by molar-refractivity contribution is 0.590. The number of fused-ring (bicyclic) bond motifs is 8. The molecular formula is C52H44I2N4. The standard InChI is InChI=1S/C52H44I2N4/c1-51(2,3)35-15-7-31(8-16-35)47-39-23-24-40(55-39)48(32-9-17-36(18-10-32)52(4,5)6)42-26-28-44(57-42)50(34-13-21-38(54)22-14-34)46-30-29-45(58-46)49(43-27-25-41(47)56-43)33-11-19-37(53)20-12-33/h7-30,55,58H,1-6H3. The number of aromatic nitrogens is 4. The highest BCUT2D eigenvalue weighted by molar-refractivity contribution is 14.1. The molecule has 0 saturated carbocycles. The van der Waals surface area contributed by atoms with Crippen LogP contribution < -0.4 is 0 Å². The van der Waals surface area contributed by atoms with Crippen molar-refractivity contribution in [2.75, 3.05) is 0 Å². The van der Waals surface area contributed by atoms with Gasteiger partial charge in [0.25, 0.3) is 0 Å². The predicted octanol–water partition coefficient (Wildman–Crippen LogP) is 15.1. The molecule has 0 unspecified atom stereocenters. The van der Waals surface area contributed by atoms with E-state index in [0.717, 1.165) is 89.4 Å². The molecule has 2 N–H and O–H groups in total.